The first-order valence-electron chi connectivity index (χ1n) is 7.39. The number of phenolic OH excluding ortho intramolecular Hbond substituents is 2. The van der Waals surface area contributed by atoms with Crippen LogP contribution < -0.4 is 4.74 Å². The highest BCUT2D eigenvalue weighted by Gasteiger charge is 2.17. The predicted molar refractivity (Wildman–Crippen MR) is 90.2 cm³/mol. The molecule has 0 aromatic heterocycles. The molecule has 0 amide bonds. The number of hydrogen-bond acceptors (Lipinski definition) is 3. The molecule has 0 unspecified atom stereocenters. The fraction of sp³-hybridized carbons (Fsp3) is 0.100. The molecule has 116 valence electrons. The number of rotatable bonds is 4. The maximum atomic E-state index is 9.55. The summed E-state index contributed by atoms with van der Waals surface area (Å²) in [4.78, 5) is 0. The fourth-order valence-electron chi connectivity index (χ4n) is 2.73. The van der Waals surface area contributed by atoms with Crippen LogP contribution in [-0.4, -0.2) is 17.3 Å². The van der Waals surface area contributed by atoms with Gasteiger partial charge in [-0.05, 0) is 53.1 Å². The van der Waals surface area contributed by atoms with E-state index in [9.17, 15) is 10.2 Å². The van der Waals surface area contributed by atoms with E-state index in [0.29, 0.717) is 0 Å². The summed E-state index contributed by atoms with van der Waals surface area (Å²) < 4.78 is 5.33. The minimum absolute atomic E-state index is 0.00806. The second-order valence-corrected chi connectivity index (χ2v) is 5.39. The molecule has 0 bridgehead atoms. The van der Waals surface area contributed by atoms with E-state index < -0.39 is 0 Å². The Morgan fingerprint density at radius 1 is 0.696 bits per heavy atom. The Kier molecular flexibility index (Phi) is 4.20. The zero-order valence-electron chi connectivity index (χ0n) is 12.8. The van der Waals surface area contributed by atoms with E-state index in [0.717, 1.165) is 22.4 Å². The number of methoxy groups -OCH3 is 1. The zero-order valence-corrected chi connectivity index (χ0v) is 12.8. The van der Waals surface area contributed by atoms with Gasteiger partial charge in [0.2, 0.25) is 0 Å². The Hall–Kier alpha value is -2.94. The van der Waals surface area contributed by atoms with E-state index in [1.54, 1.807) is 31.4 Å². The minimum Gasteiger partial charge on any atom is -0.508 e. The van der Waals surface area contributed by atoms with Crippen molar-refractivity contribution in [3.05, 3.63) is 89.5 Å². The van der Waals surface area contributed by atoms with Gasteiger partial charge in [-0.3, -0.25) is 0 Å². The van der Waals surface area contributed by atoms with Gasteiger partial charge in [0, 0.05) is 5.92 Å². The molecule has 0 radical (unpaired) electrons. The molecule has 0 atom stereocenters. The highest BCUT2D eigenvalue weighted by atomic mass is 16.5. The summed E-state index contributed by atoms with van der Waals surface area (Å²) in [6, 6.07) is 22.3. The molecule has 23 heavy (non-hydrogen) atoms. The topological polar surface area (TPSA) is 49.7 Å². The Balaban J connectivity index is 2.12. The van der Waals surface area contributed by atoms with Gasteiger partial charge in [-0.25, -0.2) is 0 Å². The third kappa shape index (κ3) is 3.29. The van der Waals surface area contributed by atoms with Crippen molar-refractivity contribution in [2.45, 2.75) is 5.92 Å². The van der Waals surface area contributed by atoms with Crippen molar-refractivity contribution in [3.63, 3.8) is 0 Å². The first-order valence-corrected chi connectivity index (χ1v) is 7.39. The molecule has 0 heterocycles. The predicted octanol–water partition coefficient (Wildman–Crippen LogP) is 4.29. The molecule has 3 aromatic rings. The van der Waals surface area contributed by atoms with E-state index in [-0.39, 0.29) is 17.4 Å². The summed E-state index contributed by atoms with van der Waals surface area (Å²) in [7, 11) is 1.65. The SMILES string of the molecule is COc1cccc(C(c2ccc(O)cc2)c2ccc(O)cc2)c1. The average Bonchev–Trinajstić information content (AvgIpc) is 2.59. The van der Waals surface area contributed by atoms with Crippen LogP contribution >= 0.6 is 0 Å². The minimum atomic E-state index is -0.00806. The van der Waals surface area contributed by atoms with Gasteiger partial charge in [0.1, 0.15) is 17.2 Å². The lowest BCUT2D eigenvalue weighted by Gasteiger charge is -2.19. The van der Waals surface area contributed by atoms with Gasteiger partial charge in [0.05, 0.1) is 7.11 Å². The summed E-state index contributed by atoms with van der Waals surface area (Å²) in [6.07, 6.45) is 0. The zero-order chi connectivity index (χ0) is 16.2. The van der Waals surface area contributed by atoms with Gasteiger partial charge in [0.15, 0.2) is 0 Å². The van der Waals surface area contributed by atoms with Gasteiger partial charge < -0.3 is 14.9 Å². The van der Waals surface area contributed by atoms with Crippen molar-refractivity contribution in [2.24, 2.45) is 0 Å². The molecule has 3 heteroatoms. The maximum Gasteiger partial charge on any atom is 0.119 e. The highest BCUT2D eigenvalue weighted by Crippen LogP contribution is 2.34. The first kappa shape index (κ1) is 15.0. The Labute approximate surface area is 135 Å². The van der Waals surface area contributed by atoms with E-state index >= 15 is 0 Å². The van der Waals surface area contributed by atoms with Crippen molar-refractivity contribution in [1.82, 2.24) is 0 Å². The molecular formula is C20H18O3. The standard InChI is InChI=1S/C20H18O3/c1-23-19-4-2-3-16(13-19)20(14-5-9-17(21)10-6-14)15-7-11-18(22)12-8-15/h2-13,20-22H,1H3. The van der Waals surface area contributed by atoms with Crippen LogP contribution in [0.25, 0.3) is 0 Å². The van der Waals surface area contributed by atoms with Crippen LogP contribution in [0.3, 0.4) is 0 Å². The Bertz CT molecular complexity index is 731. The lowest BCUT2D eigenvalue weighted by Crippen LogP contribution is -2.03. The molecule has 0 aliphatic heterocycles. The average molecular weight is 306 g/mol. The van der Waals surface area contributed by atoms with Crippen LogP contribution in [0.5, 0.6) is 17.2 Å². The molecule has 0 spiro atoms. The summed E-state index contributed by atoms with van der Waals surface area (Å²) in [5.41, 5.74) is 3.20. The maximum absolute atomic E-state index is 9.55. The van der Waals surface area contributed by atoms with Crippen molar-refractivity contribution >= 4 is 0 Å². The molecule has 3 aromatic carbocycles. The number of hydrogen-bond donors (Lipinski definition) is 2. The van der Waals surface area contributed by atoms with Crippen molar-refractivity contribution in [3.8, 4) is 17.2 Å². The second-order valence-electron chi connectivity index (χ2n) is 5.39. The molecule has 0 aliphatic rings. The molecule has 3 nitrogen and oxygen atoms in total. The van der Waals surface area contributed by atoms with Gasteiger partial charge in [-0.15, -0.1) is 0 Å². The van der Waals surface area contributed by atoms with Gasteiger partial charge in [0.25, 0.3) is 0 Å². The van der Waals surface area contributed by atoms with Gasteiger partial charge in [-0.1, -0.05) is 36.4 Å². The summed E-state index contributed by atoms with van der Waals surface area (Å²) >= 11 is 0. The third-order valence-corrected chi connectivity index (χ3v) is 3.88. The number of aromatic hydroxyl groups is 2. The van der Waals surface area contributed by atoms with Crippen molar-refractivity contribution in [2.75, 3.05) is 7.11 Å². The van der Waals surface area contributed by atoms with Gasteiger partial charge >= 0.3 is 0 Å². The van der Waals surface area contributed by atoms with Crippen LogP contribution in [0.15, 0.2) is 72.8 Å². The molecule has 0 aliphatic carbocycles. The summed E-state index contributed by atoms with van der Waals surface area (Å²) in [5, 5.41) is 19.1. The third-order valence-electron chi connectivity index (χ3n) is 3.88. The quantitative estimate of drug-likeness (QED) is 0.707. The fourth-order valence-corrected chi connectivity index (χ4v) is 2.73. The number of benzene rings is 3. The van der Waals surface area contributed by atoms with E-state index in [1.807, 2.05) is 48.5 Å². The number of phenols is 2. The lowest BCUT2D eigenvalue weighted by molar-refractivity contribution is 0.414. The molecule has 0 fully saturated rings. The lowest BCUT2D eigenvalue weighted by atomic mass is 9.85. The largest absolute Gasteiger partial charge is 0.508 e. The van der Waals surface area contributed by atoms with E-state index in [4.69, 9.17) is 4.74 Å². The Morgan fingerprint density at radius 2 is 1.22 bits per heavy atom. The van der Waals surface area contributed by atoms with Crippen LogP contribution in [0, 0.1) is 0 Å². The smallest absolute Gasteiger partial charge is 0.119 e. The molecule has 0 saturated carbocycles. The van der Waals surface area contributed by atoms with Crippen LogP contribution in [0.4, 0.5) is 0 Å². The van der Waals surface area contributed by atoms with Crippen LogP contribution in [0.2, 0.25) is 0 Å². The van der Waals surface area contributed by atoms with Crippen LogP contribution in [-0.2, 0) is 0 Å². The molecule has 3 rings (SSSR count). The highest BCUT2D eigenvalue weighted by molar-refractivity contribution is 5.47. The van der Waals surface area contributed by atoms with Crippen molar-refractivity contribution < 1.29 is 14.9 Å². The van der Waals surface area contributed by atoms with E-state index in [2.05, 4.69) is 0 Å². The summed E-state index contributed by atoms with van der Waals surface area (Å²) in [5.74, 6) is 1.27. The summed E-state index contributed by atoms with van der Waals surface area (Å²) in [6.45, 7) is 0. The molecule has 0 saturated heterocycles. The van der Waals surface area contributed by atoms with E-state index in [1.165, 1.54) is 0 Å². The van der Waals surface area contributed by atoms with Crippen LogP contribution in [0.1, 0.15) is 22.6 Å². The van der Waals surface area contributed by atoms with Gasteiger partial charge in [-0.2, -0.15) is 0 Å². The molecule has 2 N–H and O–H groups in total. The Morgan fingerprint density at radius 3 is 1.70 bits per heavy atom. The first-order chi connectivity index (χ1) is 11.2. The van der Waals surface area contributed by atoms with Crippen molar-refractivity contribution in [1.29, 1.82) is 0 Å². The molecular weight excluding hydrogens is 288 g/mol. The normalized spacial score (nSPS) is 10.7. The number of ether oxygens (including phenoxy) is 1. The monoisotopic (exact) mass is 306 g/mol. The second kappa shape index (κ2) is 6.44.